The van der Waals surface area contributed by atoms with Crippen LogP contribution in [0.1, 0.15) is 27.3 Å². The molecule has 0 aliphatic carbocycles. The van der Waals surface area contributed by atoms with Crippen LogP contribution < -0.4 is 11.1 Å². The Labute approximate surface area is 112 Å². The van der Waals surface area contributed by atoms with Gasteiger partial charge in [0.1, 0.15) is 0 Å². The normalized spacial score (nSPS) is 10.3. The summed E-state index contributed by atoms with van der Waals surface area (Å²) in [5.74, 6) is -0.156. The number of carbonyl (C=O) groups excluding carboxylic acids is 1. The summed E-state index contributed by atoms with van der Waals surface area (Å²) in [7, 11) is 0. The first-order chi connectivity index (χ1) is 8.97. The molecule has 1 amide bonds. The zero-order valence-corrected chi connectivity index (χ0v) is 11.3. The van der Waals surface area contributed by atoms with Crippen molar-refractivity contribution in [1.82, 2.24) is 4.98 Å². The third-order valence-corrected chi connectivity index (χ3v) is 3.01. The van der Waals surface area contributed by atoms with Gasteiger partial charge in [0.2, 0.25) is 0 Å². The van der Waals surface area contributed by atoms with E-state index in [0.29, 0.717) is 11.3 Å². The molecule has 4 heteroatoms. The quantitative estimate of drug-likeness (QED) is 0.811. The lowest BCUT2D eigenvalue weighted by Gasteiger charge is -2.09. The van der Waals surface area contributed by atoms with Gasteiger partial charge in [0.25, 0.3) is 5.91 Å². The van der Waals surface area contributed by atoms with Crippen LogP contribution >= 0.6 is 0 Å². The third kappa shape index (κ3) is 2.91. The van der Waals surface area contributed by atoms with Crippen LogP contribution in [0.4, 0.5) is 11.4 Å². The average molecular weight is 255 g/mol. The van der Waals surface area contributed by atoms with E-state index < -0.39 is 0 Å². The molecule has 0 saturated carbocycles. The Kier molecular flexibility index (Phi) is 3.51. The summed E-state index contributed by atoms with van der Waals surface area (Å²) < 4.78 is 0. The van der Waals surface area contributed by atoms with Crippen LogP contribution in [0, 0.1) is 20.8 Å². The van der Waals surface area contributed by atoms with E-state index in [0.717, 1.165) is 22.6 Å². The molecule has 1 aromatic carbocycles. The molecule has 2 aromatic rings. The number of hydrogen-bond donors (Lipinski definition) is 2. The minimum atomic E-state index is -0.156. The van der Waals surface area contributed by atoms with E-state index >= 15 is 0 Å². The fraction of sp³-hybridized carbons (Fsp3) is 0.200. The second-order valence-corrected chi connectivity index (χ2v) is 4.61. The number of aryl methyl sites for hydroxylation is 3. The number of anilines is 2. The SMILES string of the molecule is Cc1ccc(NC(=O)c2ccc(N)c(C)c2)c(C)n1. The summed E-state index contributed by atoms with van der Waals surface area (Å²) in [4.78, 5) is 16.5. The number of nitrogens with one attached hydrogen (secondary N) is 1. The molecule has 0 fully saturated rings. The summed E-state index contributed by atoms with van der Waals surface area (Å²) in [6.45, 7) is 5.67. The summed E-state index contributed by atoms with van der Waals surface area (Å²) in [5, 5.41) is 2.86. The number of nitrogens with zero attached hydrogens (tertiary/aromatic N) is 1. The van der Waals surface area contributed by atoms with Crippen molar-refractivity contribution in [3.05, 3.63) is 52.8 Å². The van der Waals surface area contributed by atoms with Gasteiger partial charge in [-0.1, -0.05) is 0 Å². The Bertz CT molecular complexity index is 635. The maximum Gasteiger partial charge on any atom is 0.255 e. The summed E-state index contributed by atoms with van der Waals surface area (Å²) in [6, 6.07) is 8.97. The van der Waals surface area contributed by atoms with Crippen LogP contribution in [0.25, 0.3) is 0 Å². The lowest BCUT2D eigenvalue weighted by atomic mass is 10.1. The summed E-state index contributed by atoms with van der Waals surface area (Å²) in [5.41, 5.74) is 10.4. The monoisotopic (exact) mass is 255 g/mol. The van der Waals surface area contributed by atoms with Crippen molar-refractivity contribution in [2.75, 3.05) is 11.1 Å². The van der Waals surface area contributed by atoms with Gasteiger partial charge in [-0.05, 0) is 56.7 Å². The maximum absolute atomic E-state index is 12.1. The fourth-order valence-corrected chi connectivity index (χ4v) is 1.83. The molecule has 0 saturated heterocycles. The van der Waals surface area contributed by atoms with Crippen molar-refractivity contribution in [2.24, 2.45) is 0 Å². The Morgan fingerprint density at radius 2 is 1.89 bits per heavy atom. The van der Waals surface area contributed by atoms with Crippen LogP contribution in [0.2, 0.25) is 0 Å². The van der Waals surface area contributed by atoms with E-state index in [1.807, 2.05) is 32.9 Å². The summed E-state index contributed by atoms with van der Waals surface area (Å²) in [6.07, 6.45) is 0. The van der Waals surface area contributed by atoms with E-state index in [1.165, 1.54) is 0 Å². The number of hydrogen-bond acceptors (Lipinski definition) is 3. The number of carbonyl (C=O) groups is 1. The standard InChI is InChI=1S/C15H17N3O/c1-9-8-12(5-6-13(9)16)15(19)18-14-7-4-10(2)17-11(14)3/h4-8H,16H2,1-3H3,(H,18,19). The van der Waals surface area contributed by atoms with Gasteiger partial charge < -0.3 is 11.1 Å². The Hall–Kier alpha value is -2.36. The van der Waals surface area contributed by atoms with E-state index in [9.17, 15) is 4.79 Å². The third-order valence-electron chi connectivity index (χ3n) is 3.01. The van der Waals surface area contributed by atoms with E-state index in [-0.39, 0.29) is 5.91 Å². The predicted octanol–water partition coefficient (Wildman–Crippen LogP) is 2.84. The number of benzene rings is 1. The average Bonchev–Trinajstić information content (AvgIpc) is 2.36. The maximum atomic E-state index is 12.1. The second kappa shape index (κ2) is 5.10. The minimum Gasteiger partial charge on any atom is -0.399 e. The lowest BCUT2D eigenvalue weighted by Crippen LogP contribution is -2.13. The van der Waals surface area contributed by atoms with Crippen LogP contribution in [0.3, 0.4) is 0 Å². The number of nitrogens with two attached hydrogens (primary N) is 1. The van der Waals surface area contributed by atoms with Crippen molar-refractivity contribution in [2.45, 2.75) is 20.8 Å². The molecule has 1 aromatic heterocycles. The number of rotatable bonds is 2. The first kappa shape index (κ1) is 13.1. The molecular formula is C15H17N3O. The molecule has 0 aliphatic heterocycles. The Morgan fingerprint density at radius 1 is 1.16 bits per heavy atom. The highest BCUT2D eigenvalue weighted by molar-refractivity contribution is 6.04. The molecule has 0 unspecified atom stereocenters. The second-order valence-electron chi connectivity index (χ2n) is 4.61. The molecule has 98 valence electrons. The highest BCUT2D eigenvalue weighted by atomic mass is 16.1. The van der Waals surface area contributed by atoms with Crippen LogP contribution in [-0.2, 0) is 0 Å². The smallest absolute Gasteiger partial charge is 0.255 e. The Morgan fingerprint density at radius 3 is 2.53 bits per heavy atom. The largest absolute Gasteiger partial charge is 0.399 e. The van der Waals surface area contributed by atoms with E-state index in [4.69, 9.17) is 5.73 Å². The molecule has 4 nitrogen and oxygen atoms in total. The molecule has 2 rings (SSSR count). The van der Waals surface area contributed by atoms with Gasteiger partial charge in [-0.25, -0.2) is 0 Å². The molecule has 19 heavy (non-hydrogen) atoms. The highest BCUT2D eigenvalue weighted by Gasteiger charge is 2.09. The van der Waals surface area contributed by atoms with Gasteiger partial charge in [0.05, 0.1) is 11.4 Å². The van der Waals surface area contributed by atoms with E-state index in [1.54, 1.807) is 18.2 Å². The first-order valence-electron chi connectivity index (χ1n) is 6.09. The fourth-order valence-electron chi connectivity index (χ4n) is 1.83. The molecular weight excluding hydrogens is 238 g/mol. The number of amides is 1. The number of nitrogen functional groups attached to an aromatic ring is 1. The van der Waals surface area contributed by atoms with Crippen molar-refractivity contribution in [3.63, 3.8) is 0 Å². The van der Waals surface area contributed by atoms with Gasteiger partial charge in [-0.2, -0.15) is 0 Å². The molecule has 3 N–H and O–H groups in total. The number of pyridine rings is 1. The Balaban J connectivity index is 2.23. The van der Waals surface area contributed by atoms with Gasteiger partial charge in [-0.3, -0.25) is 9.78 Å². The van der Waals surface area contributed by atoms with Gasteiger partial charge in [0, 0.05) is 16.9 Å². The van der Waals surface area contributed by atoms with Crippen molar-refractivity contribution >= 4 is 17.3 Å². The van der Waals surface area contributed by atoms with Gasteiger partial charge in [-0.15, -0.1) is 0 Å². The highest BCUT2D eigenvalue weighted by Crippen LogP contribution is 2.16. The molecule has 0 aliphatic rings. The topological polar surface area (TPSA) is 68.0 Å². The van der Waals surface area contributed by atoms with Crippen molar-refractivity contribution < 1.29 is 4.79 Å². The predicted molar refractivity (Wildman–Crippen MR) is 77.3 cm³/mol. The van der Waals surface area contributed by atoms with Crippen molar-refractivity contribution in [1.29, 1.82) is 0 Å². The lowest BCUT2D eigenvalue weighted by molar-refractivity contribution is 0.102. The first-order valence-corrected chi connectivity index (χ1v) is 6.09. The number of aromatic nitrogens is 1. The molecule has 0 spiro atoms. The van der Waals surface area contributed by atoms with Crippen LogP contribution in [-0.4, -0.2) is 10.9 Å². The summed E-state index contributed by atoms with van der Waals surface area (Å²) >= 11 is 0. The van der Waals surface area contributed by atoms with Gasteiger partial charge in [0.15, 0.2) is 0 Å². The van der Waals surface area contributed by atoms with Crippen LogP contribution in [0.5, 0.6) is 0 Å². The molecule has 0 radical (unpaired) electrons. The van der Waals surface area contributed by atoms with Crippen LogP contribution in [0.15, 0.2) is 30.3 Å². The molecule has 0 bridgehead atoms. The zero-order chi connectivity index (χ0) is 14.0. The zero-order valence-electron chi connectivity index (χ0n) is 11.3. The van der Waals surface area contributed by atoms with E-state index in [2.05, 4.69) is 10.3 Å². The molecule has 1 heterocycles. The minimum absolute atomic E-state index is 0.156. The van der Waals surface area contributed by atoms with Gasteiger partial charge >= 0.3 is 0 Å². The van der Waals surface area contributed by atoms with Crippen molar-refractivity contribution in [3.8, 4) is 0 Å². The molecule has 0 atom stereocenters.